The lowest BCUT2D eigenvalue weighted by Gasteiger charge is -2.23. The van der Waals surface area contributed by atoms with Crippen LogP contribution >= 0.6 is 0 Å². The lowest BCUT2D eigenvalue weighted by molar-refractivity contribution is -0.137. The second-order valence-corrected chi connectivity index (χ2v) is 5.28. The molecule has 1 aromatic rings. The summed E-state index contributed by atoms with van der Waals surface area (Å²) in [4.78, 5) is 3.70. The number of alkyl halides is 3. The Balaban J connectivity index is 2.37. The normalized spacial score (nSPS) is 16.4. The Labute approximate surface area is 111 Å². The highest BCUT2D eigenvalue weighted by Gasteiger charge is 2.35. The van der Waals surface area contributed by atoms with Crippen molar-refractivity contribution in [3.8, 4) is 0 Å². The molecule has 2 rings (SSSR count). The van der Waals surface area contributed by atoms with E-state index in [9.17, 15) is 13.2 Å². The molecule has 1 heterocycles. The maximum atomic E-state index is 13.2. The minimum absolute atomic E-state index is 0.326. The number of hydrogen-bond acceptors (Lipinski definition) is 2. The van der Waals surface area contributed by atoms with Crippen LogP contribution < -0.4 is 4.90 Å². The Morgan fingerprint density at radius 2 is 1.79 bits per heavy atom. The molecule has 0 amide bonds. The predicted octanol–water partition coefficient (Wildman–Crippen LogP) is 3.37. The summed E-state index contributed by atoms with van der Waals surface area (Å²) in [6.07, 6.45) is -2.35. The van der Waals surface area contributed by atoms with E-state index in [1.165, 1.54) is 6.07 Å². The number of nitrogens with zero attached hydrogens (tertiary/aromatic N) is 2. The summed E-state index contributed by atoms with van der Waals surface area (Å²) in [6, 6.07) is 4.70. The van der Waals surface area contributed by atoms with Crippen LogP contribution in [0.3, 0.4) is 0 Å². The third-order valence-corrected chi connectivity index (χ3v) is 3.31. The van der Waals surface area contributed by atoms with Gasteiger partial charge in [0.25, 0.3) is 0 Å². The van der Waals surface area contributed by atoms with Crippen LogP contribution in [0.2, 0.25) is 0 Å². The highest BCUT2D eigenvalue weighted by Crippen LogP contribution is 2.38. The highest BCUT2D eigenvalue weighted by molar-refractivity contribution is 5.57. The van der Waals surface area contributed by atoms with Crippen LogP contribution in [0, 0.1) is 0 Å². The van der Waals surface area contributed by atoms with Crippen molar-refractivity contribution in [1.29, 1.82) is 0 Å². The van der Waals surface area contributed by atoms with E-state index < -0.39 is 11.7 Å². The summed E-state index contributed by atoms with van der Waals surface area (Å²) in [6.45, 7) is 1.95. The van der Waals surface area contributed by atoms with E-state index in [4.69, 9.17) is 0 Å². The molecule has 0 N–H and O–H groups in total. The number of hydrogen-bond donors (Lipinski definition) is 0. The SMILES string of the molecule is CN(C)Cc1ccc(N2CCCC2)c(C(F)(F)F)c1. The van der Waals surface area contributed by atoms with E-state index in [0.717, 1.165) is 25.9 Å². The van der Waals surface area contributed by atoms with Gasteiger partial charge < -0.3 is 9.80 Å². The minimum atomic E-state index is -4.29. The van der Waals surface area contributed by atoms with Gasteiger partial charge in [-0.15, -0.1) is 0 Å². The van der Waals surface area contributed by atoms with Gasteiger partial charge in [-0.25, -0.2) is 0 Å². The molecule has 1 aliphatic heterocycles. The Hall–Kier alpha value is -1.23. The van der Waals surface area contributed by atoms with E-state index in [-0.39, 0.29) is 0 Å². The second kappa shape index (κ2) is 5.41. The summed E-state index contributed by atoms with van der Waals surface area (Å²) >= 11 is 0. The largest absolute Gasteiger partial charge is 0.418 e. The molecule has 0 spiro atoms. The zero-order chi connectivity index (χ0) is 14.0. The molecule has 5 heteroatoms. The van der Waals surface area contributed by atoms with Crippen molar-refractivity contribution >= 4 is 5.69 Å². The molecule has 0 radical (unpaired) electrons. The summed E-state index contributed by atoms with van der Waals surface area (Å²) < 4.78 is 39.5. The van der Waals surface area contributed by atoms with Gasteiger partial charge >= 0.3 is 6.18 Å². The van der Waals surface area contributed by atoms with E-state index in [1.807, 2.05) is 23.9 Å². The Kier molecular flexibility index (Phi) is 4.04. The fraction of sp³-hybridized carbons (Fsp3) is 0.571. The monoisotopic (exact) mass is 272 g/mol. The van der Waals surface area contributed by atoms with Crippen LogP contribution in [-0.4, -0.2) is 32.1 Å². The predicted molar refractivity (Wildman–Crippen MR) is 70.3 cm³/mol. The van der Waals surface area contributed by atoms with Gasteiger partial charge in [0.2, 0.25) is 0 Å². The fourth-order valence-corrected chi connectivity index (χ4v) is 2.51. The summed E-state index contributed by atoms with van der Waals surface area (Å²) in [5.74, 6) is 0. The van der Waals surface area contributed by atoms with Crippen LogP contribution in [0.1, 0.15) is 24.0 Å². The molecule has 0 aliphatic carbocycles. The van der Waals surface area contributed by atoms with Crippen molar-refractivity contribution in [1.82, 2.24) is 4.90 Å². The topological polar surface area (TPSA) is 6.48 Å². The van der Waals surface area contributed by atoms with Crippen LogP contribution in [-0.2, 0) is 12.7 Å². The average molecular weight is 272 g/mol. The van der Waals surface area contributed by atoms with Crippen LogP contribution in [0.15, 0.2) is 18.2 Å². The number of rotatable bonds is 3. The number of halogens is 3. The van der Waals surface area contributed by atoms with Crippen molar-refractivity contribution in [2.45, 2.75) is 25.6 Å². The lowest BCUT2D eigenvalue weighted by Crippen LogP contribution is -2.22. The van der Waals surface area contributed by atoms with Gasteiger partial charge in [-0.05, 0) is 44.6 Å². The quantitative estimate of drug-likeness (QED) is 0.832. The molecule has 2 nitrogen and oxygen atoms in total. The molecule has 106 valence electrons. The third-order valence-electron chi connectivity index (χ3n) is 3.31. The van der Waals surface area contributed by atoms with Gasteiger partial charge in [-0.3, -0.25) is 0 Å². The van der Waals surface area contributed by atoms with Crippen molar-refractivity contribution in [3.63, 3.8) is 0 Å². The first kappa shape index (κ1) is 14.2. The summed E-state index contributed by atoms with van der Waals surface area (Å²) in [5.41, 5.74) is 0.515. The van der Waals surface area contributed by atoms with E-state index in [0.29, 0.717) is 17.8 Å². The zero-order valence-corrected chi connectivity index (χ0v) is 11.3. The lowest BCUT2D eigenvalue weighted by atomic mass is 10.1. The summed E-state index contributed by atoms with van der Waals surface area (Å²) in [7, 11) is 3.70. The molecule has 0 saturated carbocycles. The van der Waals surface area contributed by atoms with Gasteiger partial charge in [0.1, 0.15) is 0 Å². The molecular weight excluding hydrogens is 253 g/mol. The first-order chi connectivity index (χ1) is 8.88. The Bertz CT molecular complexity index is 435. The highest BCUT2D eigenvalue weighted by atomic mass is 19.4. The Morgan fingerprint density at radius 1 is 1.16 bits per heavy atom. The van der Waals surface area contributed by atoms with E-state index in [2.05, 4.69) is 0 Å². The minimum Gasteiger partial charge on any atom is -0.371 e. The molecule has 1 aromatic carbocycles. The van der Waals surface area contributed by atoms with Crippen LogP contribution in [0.4, 0.5) is 18.9 Å². The molecular formula is C14H19F3N2. The molecule has 19 heavy (non-hydrogen) atoms. The van der Waals surface area contributed by atoms with Gasteiger partial charge in [0.15, 0.2) is 0 Å². The smallest absolute Gasteiger partial charge is 0.371 e. The van der Waals surface area contributed by atoms with Crippen LogP contribution in [0.25, 0.3) is 0 Å². The third kappa shape index (κ3) is 3.41. The van der Waals surface area contributed by atoms with Gasteiger partial charge in [-0.1, -0.05) is 6.07 Å². The maximum Gasteiger partial charge on any atom is 0.418 e. The Morgan fingerprint density at radius 3 is 2.32 bits per heavy atom. The van der Waals surface area contributed by atoms with Crippen molar-refractivity contribution in [2.75, 3.05) is 32.1 Å². The van der Waals surface area contributed by atoms with Crippen molar-refractivity contribution in [3.05, 3.63) is 29.3 Å². The first-order valence-corrected chi connectivity index (χ1v) is 6.48. The average Bonchev–Trinajstić information content (AvgIpc) is 2.80. The van der Waals surface area contributed by atoms with Crippen molar-refractivity contribution < 1.29 is 13.2 Å². The van der Waals surface area contributed by atoms with Crippen molar-refractivity contribution in [2.24, 2.45) is 0 Å². The van der Waals surface area contributed by atoms with Gasteiger partial charge in [-0.2, -0.15) is 13.2 Å². The fourth-order valence-electron chi connectivity index (χ4n) is 2.51. The van der Waals surface area contributed by atoms with Crippen LogP contribution in [0.5, 0.6) is 0 Å². The van der Waals surface area contributed by atoms with E-state index in [1.54, 1.807) is 12.1 Å². The number of anilines is 1. The molecule has 0 atom stereocenters. The molecule has 1 saturated heterocycles. The second-order valence-electron chi connectivity index (χ2n) is 5.28. The maximum absolute atomic E-state index is 13.2. The standard InChI is InChI=1S/C14H19F3N2/c1-18(2)10-11-5-6-13(19-7-3-4-8-19)12(9-11)14(15,16)17/h5-6,9H,3-4,7-8,10H2,1-2H3. The molecule has 0 unspecified atom stereocenters. The van der Waals surface area contributed by atoms with Gasteiger partial charge in [0.05, 0.1) is 5.56 Å². The molecule has 0 bridgehead atoms. The van der Waals surface area contributed by atoms with E-state index >= 15 is 0 Å². The van der Waals surface area contributed by atoms with Gasteiger partial charge in [0, 0.05) is 25.3 Å². The molecule has 1 fully saturated rings. The zero-order valence-electron chi connectivity index (χ0n) is 11.3. The molecule has 1 aliphatic rings. The summed E-state index contributed by atoms with van der Waals surface area (Å²) in [5, 5.41) is 0. The number of benzene rings is 1. The first-order valence-electron chi connectivity index (χ1n) is 6.48. The molecule has 0 aromatic heterocycles.